The Kier molecular flexibility index (Phi) is 12.0. The van der Waals surface area contributed by atoms with Crippen molar-refractivity contribution in [3.63, 3.8) is 0 Å². The molecule has 3 aromatic carbocycles. The number of anilines is 1. The van der Waals surface area contributed by atoms with Crippen LogP contribution in [0.1, 0.15) is 48.0 Å². The number of hydrogen-bond donors (Lipinski definition) is 3. The minimum absolute atomic E-state index is 0.00704. The minimum Gasteiger partial charge on any atom is -0.465 e. The molecule has 3 heterocycles. The zero-order valence-electron chi connectivity index (χ0n) is 28.2. The fraction of sp³-hybridized carbons (Fsp3) is 0.368. The SMILES string of the molecule is CCOC(=O)CNC(=O)NCc1cccc(-c2cccc(C3OC(CN4CCN(c5ncccn5)CC4)CC(c4ccc(CO)cc4)O3)c2)c1. The molecule has 1 aromatic heterocycles. The van der Waals surface area contributed by atoms with Crippen molar-refractivity contribution in [1.82, 2.24) is 25.5 Å². The van der Waals surface area contributed by atoms with Gasteiger partial charge in [-0.3, -0.25) is 9.69 Å². The molecule has 3 atom stereocenters. The number of hydrogen-bond acceptors (Lipinski definition) is 10. The van der Waals surface area contributed by atoms with Crippen molar-refractivity contribution in [1.29, 1.82) is 0 Å². The molecule has 262 valence electrons. The summed E-state index contributed by atoms with van der Waals surface area (Å²) in [7, 11) is 0. The Morgan fingerprint density at radius 1 is 0.860 bits per heavy atom. The summed E-state index contributed by atoms with van der Waals surface area (Å²) in [5, 5.41) is 14.9. The molecule has 50 heavy (non-hydrogen) atoms. The first kappa shape index (κ1) is 35.0. The topological polar surface area (TPSA) is 138 Å². The summed E-state index contributed by atoms with van der Waals surface area (Å²) in [6.45, 7) is 6.31. The minimum atomic E-state index is -0.580. The summed E-state index contributed by atoms with van der Waals surface area (Å²) in [6, 6.07) is 25.4. The average molecular weight is 681 g/mol. The van der Waals surface area contributed by atoms with Crippen LogP contribution in [0.3, 0.4) is 0 Å². The highest BCUT2D eigenvalue weighted by molar-refractivity contribution is 5.80. The molecule has 3 N–H and O–H groups in total. The van der Waals surface area contributed by atoms with Crippen LogP contribution >= 0.6 is 0 Å². The molecule has 4 aromatic rings. The highest BCUT2D eigenvalue weighted by atomic mass is 16.7. The van der Waals surface area contributed by atoms with Crippen molar-refractivity contribution in [3.8, 4) is 11.1 Å². The Bertz CT molecular complexity index is 1700. The second-order valence-electron chi connectivity index (χ2n) is 12.4. The van der Waals surface area contributed by atoms with E-state index >= 15 is 0 Å². The van der Waals surface area contributed by atoms with Crippen molar-refractivity contribution < 1.29 is 28.9 Å². The van der Waals surface area contributed by atoms with Crippen molar-refractivity contribution in [2.24, 2.45) is 0 Å². The molecule has 12 nitrogen and oxygen atoms in total. The molecule has 2 aliphatic rings. The van der Waals surface area contributed by atoms with E-state index in [4.69, 9.17) is 14.2 Å². The van der Waals surface area contributed by atoms with E-state index in [-0.39, 0.29) is 32.0 Å². The van der Waals surface area contributed by atoms with E-state index in [2.05, 4.69) is 36.5 Å². The standard InChI is InChI=1S/C38H44N6O6/c1-2-48-35(46)24-42-38(47)41-23-28-6-3-7-30(20-28)31-8-4-9-32(21-31)36-49-33(22-34(50-36)29-12-10-27(26-45)11-13-29)25-43-16-18-44(19-17-43)37-39-14-5-15-40-37/h3-15,20-21,33-34,36,45H,2,16-19,22-26H2,1H3,(H2,41,42,47). The quantitative estimate of drug-likeness (QED) is 0.185. The Morgan fingerprint density at radius 3 is 2.34 bits per heavy atom. The predicted octanol–water partition coefficient (Wildman–Crippen LogP) is 4.37. The molecule has 0 spiro atoms. The number of amides is 2. The summed E-state index contributed by atoms with van der Waals surface area (Å²) in [5.41, 5.74) is 5.72. The Hall–Kier alpha value is -4.88. The molecule has 0 radical (unpaired) electrons. The van der Waals surface area contributed by atoms with Crippen molar-refractivity contribution in [2.75, 3.05) is 50.8 Å². The third-order valence-corrected chi connectivity index (χ3v) is 8.85. The number of nitrogens with one attached hydrogen (secondary N) is 2. The fourth-order valence-corrected chi connectivity index (χ4v) is 6.24. The maximum absolute atomic E-state index is 12.2. The Morgan fingerprint density at radius 2 is 1.60 bits per heavy atom. The van der Waals surface area contributed by atoms with Gasteiger partial charge in [0.25, 0.3) is 0 Å². The first-order valence-electron chi connectivity index (χ1n) is 17.1. The van der Waals surface area contributed by atoms with E-state index in [9.17, 15) is 14.7 Å². The van der Waals surface area contributed by atoms with Gasteiger partial charge in [-0.05, 0) is 52.9 Å². The number of carbonyl (C=O) groups is 2. The van der Waals surface area contributed by atoms with Crippen molar-refractivity contribution in [3.05, 3.63) is 114 Å². The largest absolute Gasteiger partial charge is 0.465 e. The van der Waals surface area contributed by atoms with Crippen LogP contribution in [-0.2, 0) is 32.2 Å². The van der Waals surface area contributed by atoms with Crippen LogP contribution < -0.4 is 15.5 Å². The molecular weight excluding hydrogens is 636 g/mol. The summed E-state index contributed by atoms with van der Waals surface area (Å²) < 4.78 is 18.2. The van der Waals surface area contributed by atoms with E-state index in [0.29, 0.717) is 13.0 Å². The lowest BCUT2D eigenvalue weighted by molar-refractivity contribution is -0.253. The number of rotatable bonds is 12. The number of aliphatic hydroxyl groups excluding tert-OH is 1. The molecule has 12 heteroatoms. The van der Waals surface area contributed by atoms with Crippen LogP contribution in [-0.4, -0.2) is 84.0 Å². The molecule has 2 amide bonds. The number of aromatic nitrogens is 2. The van der Waals surface area contributed by atoms with E-state index < -0.39 is 18.3 Å². The number of nitrogens with zero attached hydrogens (tertiary/aromatic N) is 4. The normalized spacial score (nSPS) is 19.5. The summed E-state index contributed by atoms with van der Waals surface area (Å²) in [4.78, 5) is 37.2. The van der Waals surface area contributed by atoms with E-state index in [1.54, 1.807) is 19.3 Å². The smallest absolute Gasteiger partial charge is 0.325 e. The number of aliphatic hydroxyl groups is 1. The lowest BCUT2D eigenvalue weighted by atomic mass is 9.98. The van der Waals surface area contributed by atoms with Crippen LogP contribution in [0.25, 0.3) is 11.1 Å². The first-order chi connectivity index (χ1) is 24.5. The second-order valence-corrected chi connectivity index (χ2v) is 12.4. The lowest BCUT2D eigenvalue weighted by Gasteiger charge is -2.40. The third kappa shape index (κ3) is 9.42. The lowest BCUT2D eigenvalue weighted by Crippen LogP contribution is -2.50. The Labute approximate surface area is 292 Å². The second kappa shape index (κ2) is 17.2. The van der Waals surface area contributed by atoms with Crippen LogP contribution in [0.2, 0.25) is 0 Å². The van der Waals surface area contributed by atoms with Crippen molar-refractivity contribution >= 4 is 17.9 Å². The van der Waals surface area contributed by atoms with Gasteiger partial charge in [-0.15, -0.1) is 0 Å². The van der Waals surface area contributed by atoms with Crippen LogP contribution in [0, 0.1) is 0 Å². The number of benzene rings is 3. The van der Waals surface area contributed by atoms with Gasteiger partial charge in [-0.2, -0.15) is 0 Å². The number of ether oxygens (including phenoxy) is 3. The molecule has 0 bridgehead atoms. The Balaban J connectivity index is 1.14. The third-order valence-electron chi connectivity index (χ3n) is 8.85. The molecule has 3 unspecified atom stereocenters. The number of carbonyl (C=O) groups excluding carboxylic acids is 2. The van der Waals surface area contributed by atoms with Gasteiger partial charge in [0.05, 0.1) is 25.4 Å². The van der Waals surface area contributed by atoms with Gasteiger partial charge in [0.15, 0.2) is 6.29 Å². The molecule has 6 rings (SSSR count). The van der Waals surface area contributed by atoms with Gasteiger partial charge in [-0.1, -0.05) is 60.7 Å². The van der Waals surface area contributed by atoms with E-state index in [0.717, 1.165) is 72.1 Å². The van der Waals surface area contributed by atoms with Gasteiger partial charge in [0.2, 0.25) is 5.95 Å². The molecule has 0 saturated carbocycles. The molecule has 0 aliphatic carbocycles. The maximum Gasteiger partial charge on any atom is 0.325 e. The van der Waals surface area contributed by atoms with Crippen molar-refractivity contribution in [2.45, 2.75) is 45.0 Å². The predicted molar refractivity (Wildman–Crippen MR) is 188 cm³/mol. The van der Waals surface area contributed by atoms with Gasteiger partial charge in [0, 0.05) is 63.6 Å². The molecular formula is C38H44N6O6. The van der Waals surface area contributed by atoms with E-state index in [1.807, 2.05) is 72.8 Å². The van der Waals surface area contributed by atoms with Gasteiger partial charge >= 0.3 is 12.0 Å². The number of esters is 1. The summed E-state index contributed by atoms with van der Waals surface area (Å²) in [6.07, 6.45) is 3.43. The monoisotopic (exact) mass is 680 g/mol. The fourth-order valence-electron chi connectivity index (χ4n) is 6.24. The summed E-state index contributed by atoms with van der Waals surface area (Å²) >= 11 is 0. The first-order valence-corrected chi connectivity index (χ1v) is 17.1. The zero-order valence-corrected chi connectivity index (χ0v) is 28.2. The molecule has 2 aliphatic heterocycles. The van der Waals surface area contributed by atoms with Crippen LogP contribution in [0.5, 0.6) is 0 Å². The van der Waals surface area contributed by atoms with Gasteiger partial charge in [-0.25, -0.2) is 14.8 Å². The van der Waals surface area contributed by atoms with Gasteiger partial charge in [0.1, 0.15) is 6.54 Å². The summed E-state index contributed by atoms with van der Waals surface area (Å²) in [5.74, 6) is 0.282. The highest BCUT2D eigenvalue weighted by Gasteiger charge is 2.34. The molecule has 2 fully saturated rings. The number of piperazine rings is 1. The highest BCUT2D eigenvalue weighted by Crippen LogP contribution is 2.39. The molecule has 2 saturated heterocycles. The van der Waals surface area contributed by atoms with Gasteiger partial charge < -0.3 is 34.9 Å². The maximum atomic E-state index is 12.2. The van der Waals surface area contributed by atoms with E-state index in [1.165, 1.54) is 0 Å². The average Bonchev–Trinajstić information content (AvgIpc) is 3.17. The van der Waals surface area contributed by atoms with Crippen LogP contribution in [0.15, 0.2) is 91.3 Å². The zero-order chi connectivity index (χ0) is 34.7. The van der Waals surface area contributed by atoms with Crippen LogP contribution in [0.4, 0.5) is 10.7 Å². The number of urea groups is 1.